The minimum atomic E-state index is -0.495. The van der Waals surface area contributed by atoms with E-state index in [0.717, 1.165) is 16.7 Å². The van der Waals surface area contributed by atoms with E-state index < -0.39 is 6.67 Å². The van der Waals surface area contributed by atoms with Crippen molar-refractivity contribution in [1.82, 2.24) is 0 Å². The Balaban J connectivity index is 2.75. The van der Waals surface area contributed by atoms with Crippen LogP contribution in [-0.2, 0) is 4.79 Å². The number of allylic oxidation sites excluding steroid dienone is 2. The molecule has 0 aliphatic heterocycles. The van der Waals surface area contributed by atoms with E-state index in [1.807, 2.05) is 45.0 Å². The van der Waals surface area contributed by atoms with Crippen molar-refractivity contribution in [3.63, 3.8) is 0 Å². The van der Waals surface area contributed by atoms with E-state index in [4.69, 9.17) is 0 Å². The summed E-state index contributed by atoms with van der Waals surface area (Å²) >= 11 is 0. The molecule has 2 heteroatoms. The highest BCUT2D eigenvalue weighted by Crippen LogP contribution is 2.21. The summed E-state index contributed by atoms with van der Waals surface area (Å²) < 4.78 is 13.0. The first-order valence-electron chi connectivity index (χ1n) is 5.83. The van der Waals surface area contributed by atoms with Gasteiger partial charge in [-0.15, -0.1) is 0 Å². The first-order chi connectivity index (χ1) is 8.02. The predicted octanol–water partition coefficient (Wildman–Crippen LogP) is 3.97. The highest BCUT2D eigenvalue weighted by atomic mass is 19.1. The number of alkyl halides is 1. The van der Waals surface area contributed by atoms with Gasteiger partial charge in [-0.2, -0.15) is 0 Å². The summed E-state index contributed by atoms with van der Waals surface area (Å²) in [6, 6.07) is 7.69. The highest BCUT2D eigenvalue weighted by molar-refractivity contribution is 5.90. The Hall–Kier alpha value is -1.44. The van der Waals surface area contributed by atoms with Crippen molar-refractivity contribution in [2.45, 2.75) is 33.1 Å². The van der Waals surface area contributed by atoms with E-state index in [2.05, 4.69) is 0 Å². The molecule has 0 saturated heterocycles. The molecule has 1 aromatic rings. The van der Waals surface area contributed by atoms with E-state index in [0.29, 0.717) is 0 Å². The van der Waals surface area contributed by atoms with Crippen LogP contribution in [0.3, 0.4) is 0 Å². The molecule has 1 rings (SSSR count). The van der Waals surface area contributed by atoms with Crippen molar-refractivity contribution < 1.29 is 9.18 Å². The van der Waals surface area contributed by atoms with Crippen molar-refractivity contribution in [2.75, 3.05) is 6.67 Å². The lowest BCUT2D eigenvalue weighted by Crippen LogP contribution is -2.07. The van der Waals surface area contributed by atoms with E-state index in [1.165, 1.54) is 0 Å². The molecular weight excluding hydrogens is 215 g/mol. The molecule has 92 valence electrons. The van der Waals surface area contributed by atoms with Gasteiger partial charge in [-0.25, -0.2) is 0 Å². The maximum atomic E-state index is 13.0. The molecule has 0 N–H and O–H groups in total. The SMILES string of the molecule is CC(C)=CC(=O)C[C@H](CF)c1ccc(C)cc1. The summed E-state index contributed by atoms with van der Waals surface area (Å²) in [5, 5.41) is 0. The molecule has 0 amide bonds. The lowest BCUT2D eigenvalue weighted by atomic mass is 9.94. The Morgan fingerprint density at radius 1 is 1.29 bits per heavy atom. The molecule has 17 heavy (non-hydrogen) atoms. The Morgan fingerprint density at radius 2 is 1.88 bits per heavy atom. The van der Waals surface area contributed by atoms with Crippen LogP contribution < -0.4 is 0 Å². The zero-order valence-corrected chi connectivity index (χ0v) is 10.7. The lowest BCUT2D eigenvalue weighted by Gasteiger charge is -2.12. The van der Waals surface area contributed by atoms with E-state index in [9.17, 15) is 9.18 Å². The number of hydrogen-bond donors (Lipinski definition) is 0. The molecule has 0 spiro atoms. The number of hydrogen-bond acceptors (Lipinski definition) is 1. The van der Waals surface area contributed by atoms with Crippen LogP contribution >= 0.6 is 0 Å². The maximum absolute atomic E-state index is 13.0. The van der Waals surface area contributed by atoms with Crippen LogP contribution in [0.5, 0.6) is 0 Å². The molecule has 0 saturated carbocycles. The third-order valence-corrected chi connectivity index (χ3v) is 2.63. The summed E-state index contributed by atoms with van der Waals surface area (Å²) in [6.07, 6.45) is 1.82. The second-order valence-electron chi connectivity index (χ2n) is 4.65. The van der Waals surface area contributed by atoms with Gasteiger partial charge < -0.3 is 0 Å². The topological polar surface area (TPSA) is 17.1 Å². The normalized spacial score (nSPS) is 12.0. The van der Waals surface area contributed by atoms with Crippen molar-refractivity contribution in [2.24, 2.45) is 0 Å². The Morgan fingerprint density at radius 3 is 2.35 bits per heavy atom. The van der Waals surface area contributed by atoms with Gasteiger partial charge in [0.2, 0.25) is 0 Å². The molecule has 0 bridgehead atoms. The highest BCUT2D eigenvalue weighted by Gasteiger charge is 2.14. The van der Waals surface area contributed by atoms with Crippen LogP contribution in [0.2, 0.25) is 0 Å². The molecule has 0 aromatic heterocycles. The van der Waals surface area contributed by atoms with Gasteiger partial charge in [0.1, 0.15) is 0 Å². The van der Waals surface area contributed by atoms with Crippen molar-refractivity contribution in [1.29, 1.82) is 0 Å². The van der Waals surface area contributed by atoms with Crippen molar-refractivity contribution in [3.05, 3.63) is 47.0 Å². The van der Waals surface area contributed by atoms with Gasteiger partial charge in [0.25, 0.3) is 0 Å². The number of aryl methyl sites for hydroxylation is 1. The zero-order valence-electron chi connectivity index (χ0n) is 10.7. The van der Waals surface area contributed by atoms with Crippen molar-refractivity contribution in [3.8, 4) is 0 Å². The van der Waals surface area contributed by atoms with Crippen LogP contribution in [0, 0.1) is 6.92 Å². The largest absolute Gasteiger partial charge is 0.295 e. The molecular formula is C15H19FO. The number of benzene rings is 1. The third-order valence-electron chi connectivity index (χ3n) is 2.63. The molecule has 0 unspecified atom stereocenters. The number of carbonyl (C=O) groups excluding carboxylic acids is 1. The van der Waals surface area contributed by atoms with Gasteiger partial charge in [0.05, 0.1) is 6.67 Å². The Labute approximate surface area is 102 Å². The van der Waals surface area contributed by atoms with Gasteiger partial charge in [0.15, 0.2) is 5.78 Å². The molecule has 0 heterocycles. The fourth-order valence-corrected chi connectivity index (χ4v) is 1.72. The lowest BCUT2D eigenvalue weighted by molar-refractivity contribution is -0.115. The molecule has 1 atom stereocenters. The fraction of sp³-hybridized carbons (Fsp3) is 0.400. The first-order valence-corrected chi connectivity index (χ1v) is 5.83. The molecule has 1 aromatic carbocycles. The van der Waals surface area contributed by atoms with Gasteiger partial charge in [0, 0.05) is 12.3 Å². The predicted molar refractivity (Wildman–Crippen MR) is 69.0 cm³/mol. The summed E-state index contributed by atoms with van der Waals surface area (Å²) in [5.41, 5.74) is 2.99. The van der Waals surface area contributed by atoms with E-state index >= 15 is 0 Å². The minimum absolute atomic E-state index is 0.00627. The molecule has 1 nitrogen and oxygen atoms in total. The van der Waals surface area contributed by atoms with E-state index in [-0.39, 0.29) is 18.1 Å². The monoisotopic (exact) mass is 234 g/mol. The Bertz CT molecular complexity index is 399. The van der Waals surface area contributed by atoms with E-state index in [1.54, 1.807) is 6.08 Å². The van der Waals surface area contributed by atoms with Crippen LogP contribution in [-0.4, -0.2) is 12.5 Å². The molecule has 0 aliphatic carbocycles. The van der Waals surface area contributed by atoms with Gasteiger partial charge in [-0.1, -0.05) is 35.4 Å². The standard InChI is InChI=1S/C15H19FO/c1-11(2)8-15(17)9-14(10-16)13-6-4-12(3)5-7-13/h4-8,14H,9-10H2,1-3H3/t14-/m1/s1. The second-order valence-corrected chi connectivity index (χ2v) is 4.65. The number of halogens is 1. The maximum Gasteiger partial charge on any atom is 0.156 e. The fourth-order valence-electron chi connectivity index (χ4n) is 1.72. The number of ketones is 1. The smallest absolute Gasteiger partial charge is 0.156 e. The molecule has 0 radical (unpaired) electrons. The van der Waals surface area contributed by atoms with Crippen LogP contribution in [0.15, 0.2) is 35.9 Å². The summed E-state index contributed by atoms with van der Waals surface area (Å²) in [4.78, 5) is 11.6. The third kappa shape index (κ3) is 4.51. The number of carbonyl (C=O) groups is 1. The quantitative estimate of drug-likeness (QED) is 0.704. The van der Waals surface area contributed by atoms with Gasteiger partial charge in [-0.3, -0.25) is 9.18 Å². The Kier molecular flexibility index (Phi) is 5.08. The average molecular weight is 234 g/mol. The van der Waals surface area contributed by atoms with Crippen LogP contribution in [0.25, 0.3) is 0 Å². The summed E-state index contributed by atoms with van der Waals surface area (Å²) in [6.45, 7) is 5.23. The van der Waals surface area contributed by atoms with Crippen LogP contribution in [0.4, 0.5) is 4.39 Å². The average Bonchev–Trinajstić information content (AvgIpc) is 2.26. The van der Waals surface area contributed by atoms with Gasteiger partial charge in [-0.05, 0) is 32.4 Å². The summed E-state index contributed by atoms with van der Waals surface area (Å²) in [7, 11) is 0. The van der Waals surface area contributed by atoms with Crippen molar-refractivity contribution >= 4 is 5.78 Å². The first kappa shape index (κ1) is 13.6. The second kappa shape index (κ2) is 6.33. The van der Waals surface area contributed by atoms with Crippen LogP contribution in [0.1, 0.15) is 37.3 Å². The number of rotatable bonds is 5. The summed E-state index contributed by atoms with van der Waals surface area (Å²) in [5.74, 6) is -0.327. The zero-order chi connectivity index (χ0) is 12.8. The molecule has 0 fully saturated rings. The molecule has 0 aliphatic rings. The van der Waals surface area contributed by atoms with Gasteiger partial charge >= 0.3 is 0 Å². The minimum Gasteiger partial charge on any atom is -0.295 e.